The molecule has 2 rings (SSSR count). The summed E-state index contributed by atoms with van der Waals surface area (Å²) in [5, 5.41) is 2.89. The van der Waals surface area contributed by atoms with Gasteiger partial charge in [0.2, 0.25) is 11.9 Å². The second-order valence-electron chi connectivity index (χ2n) is 4.24. The molecule has 2 heterocycles. The lowest BCUT2D eigenvalue weighted by Gasteiger charge is -2.16. The molecule has 7 heteroatoms. The van der Waals surface area contributed by atoms with Crippen LogP contribution in [-0.2, 0) is 4.79 Å². The lowest BCUT2D eigenvalue weighted by Crippen LogP contribution is -2.36. The smallest absolute Gasteiger partial charge is 0.226 e. The van der Waals surface area contributed by atoms with Crippen molar-refractivity contribution >= 4 is 29.1 Å². The molecule has 0 spiro atoms. The van der Waals surface area contributed by atoms with Crippen LogP contribution in [0.1, 0.15) is 19.0 Å². The predicted octanol–water partition coefficient (Wildman–Crippen LogP) is -0.174. The van der Waals surface area contributed by atoms with Crippen molar-refractivity contribution in [2.75, 3.05) is 18.0 Å². The Bertz CT molecular complexity index is 478. The van der Waals surface area contributed by atoms with Gasteiger partial charge in [-0.1, -0.05) is 12.2 Å². The van der Waals surface area contributed by atoms with E-state index in [9.17, 15) is 4.79 Å². The predicted molar refractivity (Wildman–Crippen MR) is 72.4 cm³/mol. The Kier molecular flexibility index (Phi) is 3.71. The van der Waals surface area contributed by atoms with Gasteiger partial charge in [0.25, 0.3) is 0 Å². The van der Waals surface area contributed by atoms with Crippen molar-refractivity contribution in [1.29, 1.82) is 0 Å². The number of thiocarbonyl (C=S) groups is 1. The van der Waals surface area contributed by atoms with Crippen LogP contribution in [0.4, 0.5) is 5.95 Å². The first kappa shape index (κ1) is 12.7. The van der Waals surface area contributed by atoms with Gasteiger partial charge >= 0.3 is 0 Å². The number of anilines is 1. The highest BCUT2D eigenvalue weighted by atomic mass is 32.1. The monoisotopic (exact) mass is 265 g/mol. The number of hydrogen-bond acceptors (Lipinski definition) is 5. The molecule has 3 N–H and O–H groups in total. The van der Waals surface area contributed by atoms with Gasteiger partial charge in [0.1, 0.15) is 10.7 Å². The number of amides is 1. The Morgan fingerprint density at radius 1 is 1.67 bits per heavy atom. The minimum atomic E-state index is -0.0142. The molecule has 96 valence electrons. The zero-order valence-corrected chi connectivity index (χ0v) is 10.9. The number of aromatic nitrogens is 2. The number of nitrogens with one attached hydrogen (secondary N) is 1. The summed E-state index contributed by atoms with van der Waals surface area (Å²) in [6, 6.07) is 1.84. The van der Waals surface area contributed by atoms with E-state index in [1.165, 1.54) is 6.92 Å². The number of nitrogens with two attached hydrogens (primary N) is 1. The molecule has 1 amide bonds. The van der Waals surface area contributed by atoms with Gasteiger partial charge in [-0.25, -0.2) is 9.97 Å². The first-order valence-corrected chi connectivity index (χ1v) is 6.12. The van der Waals surface area contributed by atoms with Gasteiger partial charge in [0, 0.05) is 32.3 Å². The van der Waals surface area contributed by atoms with Crippen LogP contribution in [-0.4, -0.2) is 40.0 Å². The summed E-state index contributed by atoms with van der Waals surface area (Å²) in [5.74, 6) is 0.591. The van der Waals surface area contributed by atoms with Gasteiger partial charge in [-0.2, -0.15) is 0 Å². The summed E-state index contributed by atoms with van der Waals surface area (Å²) in [7, 11) is 0. The van der Waals surface area contributed by atoms with E-state index in [0.717, 1.165) is 13.0 Å². The molecule has 0 aromatic carbocycles. The molecule has 0 radical (unpaired) electrons. The fraction of sp³-hybridized carbons (Fsp3) is 0.455. The van der Waals surface area contributed by atoms with Crippen LogP contribution >= 0.6 is 12.2 Å². The van der Waals surface area contributed by atoms with Gasteiger partial charge in [0.05, 0.1) is 0 Å². The molecular formula is C11H15N5OS. The molecule has 1 fully saturated rings. The Morgan fingerprint density at radius 2 is 2.44 bits per heavy atom. The molecule has 1 unspecified atom stereocenters. The summed E-state index contributed by atoms with van der Waals surface area (Å²) in [6.07, 6.45) is 2.53. The van der Waals surface area contributed by atoms with E-state index in [4.69, 9.17) is 18.0 Å². The van der Waals surface area contributed by atoms with E-state index >= 15 is 0 Å². The van der Waals surface area contributed by atoms with Crippen LogP contribution in [0.5, 0.6) is 0 Å². The minimum absolute atomic E-state index is 0.0142. The molecule has 1 aromatic rings. The van der Waals surface area contributed by atoms with E-state index < -0.39 is 0 Å². The van der Waals surface area contributed by atoms with E-state index in [0.29, 0.717) is 18.2 Å². The summed E-state index contributed by atoms with van der Waals surface area (Å²) in [5.41, 5.74) is 6.11. The van der Waals surface area contributed by atoms with Crippen molar-refractivity contribution in [1.82, 2.24) is 15.3 Å². The second-order valence-corrected chi connectivity index (χ2v) is 4.68. The van der Waals surface area contributed by atoms with Crippen molar-refractivity contribution in [3.8, 4) is 0 Å². The van der Waals surface area contributed by atoms with E-state index in [1.807, 2.05) is 4.90 Å². The van der Waals surface area contributed by atoms with E-state index in [-0.39, 0.29) is 16.9 Å². The largest absolute Gasteiger partial charge is 0.388 e. The van der Waals surface area contributed by atoms with Crippen LogP contribution in [0, 0.1) is 0 Å². The standard InChI is InChI=1S/C11H15N5OS/c1-7(17)14-8-3-5-16(6-8)11-13-4-2-9(15-11)10(12)18/h2,4,8H,3,5-6H2,1H3,(H2,12,18)(H,14,17). The number of rotatable bonds is 3. The summed E-state index contributed by atoms with van der Waals surface area (Å²) in [6.45, 7) is 3.04. The van der Waals surface area contributed by atoms with Crippen LogP contribution < -0.4 is 16.0 Å². The third-order valence-corrected chi connectivity index (χ3v) is 2.98. The van der Waals surface area contributed by atoms with Gasteiger partial charge < -0.3 is 16.0 Å². The Morgan fingerprint density at radius 3 is 3.11 bits per heavy atom. The molecule has 0 aliphatic carbocycles. The zero-order valence-electron chi connectivity index (χ0n) is 10.1. The SMILES string of the molecule is CC(=O)NC1CCN(c2nccc(C(N)=S)n2)C1. The topological polar surface area (TPSA) is 84.1 Å². The maximum Gasteiger partial charge on any atom is 0.226 e. The maximum atomic E-state index is 11.0. The van der Waals surface area contributed by atoms with Crippen molar-refractivity contribution in [3.05, 3.63) is 18.0 Å². The summed E-state index contributed by atoms with van der Waals surface area (Å²) >= 11 is 4.89. The van der Waals surface area contributed by atoms with Crippen LogP contribution in [0.15, 0.2) is 12.3 Å². The number of hydrogen-bond donors (Lipinski definition) is 2. The van der Waals surface area contributed by atoms with Gasteiger partial charge in [-0.05, 0) is 12.5 Å². The molecule has 1 aliphatic rings. The molecule has 1 aliphatic heterocycles. The molecule has 0 bridgehead atoms. The quantitative estimate of drug-likeness (QED) is 0.738. The molecule has 1 saturated heterocycles. The van der Waals surface area contributed by atoms with Crippen LogP contribution in [0.2, 0.25) is 0 Å². The highest BCUT2D eigenvalue weighted by Crippen LogP contribution is 2.16. The molecule has 0 saturated carbocycles. The minimum Gasteiger partial charge on any atom is -0.388 e. The van der Waals surface area contributed by atoms with Gasteiger partial charge in [-0.15, -0.1) is 0 Å². The molecule has 1 aromatic heterocycles. The lowest BCUT2D eigenvalue weighted by molar-refractivity contribution is -0.119. The van der Waals surface area contributed by atoms with Crippen molar-refractivity contribution < 1.29 is 4.79 Å². The van der Waals surface area contributed by atoms with E-state index in [2.05, 4.69) is 15.3 Å². The first-order valence-electron chi connectivity index (χ1n) is 5.71. The number of carbonyl (C=O) groups excluding carboxylic acids is 1. The fourth-order valence-corrected chi connectivity index (χ4v) is 2.10. The third-order valence-electron chi connectivity index (χ3n) is 2.77. The van der Waals surface area contributed by atoms with Crippen LogP contribution in [0.3, 0.4) is 0 Å². The normalized spacial score (nSPS) is 18.7. The average molecular weight is 265 g/mol. The molecule has 18 heavy (non-hydrogen) atoms. The maximum absolute atomic E-state index is 11.0. The average Bonchev–Trinajstić information content (AvgIpc) is 2.77. The van der Waals surface area contributed by atoms with Crippen molar-refractivity contribution in [2.24, 2.45) is 5.73 Å². The number of carbonyl (C=O) groups is 1. The summed E-state index contributed by atoms with van der Waals surface area (Å²) < 4.78 is 0. The highest BCUT2D eigenvalue weighted by molar-refractivity contribution is 7.80. The van der Waals surface area contributed by atoms with Gasteiger partial charge in [-0.3, -0.25) is 4.79 Å². The zero-order chi connectivity index (χ0) is 13.1. The van der Waals surface area contributed by atoms with Crippen molar-refractivity contribution in [2.45, 2.75) is 19.4 Å². The lowest BCUT2D eigenvalue weighted by atomic mass is 10.3. The Labute approximate surface area is 111 Å². The van der Waals surface area contributed by atoms with Crippen LogP contribution in [0.25, 0.3) is 0 Å². The third kappa shape index (κ3) is 2.92. The second kappa shape index (κ2) is 5.26. The fourth-order valence-electron chi connectivity index (χ4n) is 1.99. The highest BCUT2D eigenvalue weighted by Gasteiger charge is 2.24. The van der Waals surface area contributed by atoms with Crippen molar-refractivity contribution in [3.63, 3.8) is 0 Å². The molecule has 6 nitrogen and oxygen atoms in total. The molecular weight excluding hydrogens is 250 g/mol. The van der Waals surface area contributed by atoms with Gasteiger partial charge in [0.15, 0.2) is 0 Å². The Balaban J connectivity index is 2.07. The molecule has 1 atom stereocenters. The van der Waals surface area contributed by atoms with E-state index in [1.54, 1.807) is 12.3 Å². The Hall–Kier alpha value is -1.76. The number of nitrogens with zero attached hydrogens (tertiary/aromatic N) is 3. The summed E-state index contributed by atoms with van der Waals surface area (Å²) in [4.78, 5) is 21.8. The first-order chi connectivity index (χ1) is 8.56.